The molecule has 2 N–H and O–H groups in total. The smallest absolute Gasteiger partial charge is 0.253 e. The number of ether oxygens (including phenoxy) is 1. The molecule has 2 heterocycles. The van der Waals surface area contributed by atoms with E-state index in [9.17, 15) is 4.79 Å². The molecule has 1 aliphatic rings. The van der Waals surface area contributed by atoms with E-state index in [1.807, 2.05) is 37.3 Å². The number of carbonyl (C=O) groups is 1. The van der Waals surface area contributed by atoms with Crippen LogP contribution in [-0.4, -0.2) is 41.5 Å². The molecular weight excluding hydrogens is 350 g/mol. The second kappa shape index (κ2) is 7.68. The number of aryl methyl sites for hydroxylation is 2. The summed E-state index contributed by atoms with van der Waals surface area (Å²) in [7, 11) is 0. The zero-order valence-electron chi connectivity index (χ0n) is 16.7. The Labute approximate surface area is 165 Å². The molecule has 4 rings (SSSR count). The number of hydrogen-bond acceptors (Lipinski definition) is 3. The minimum Gasteiger partial charge on any atom is -0.489 e. The summed E-state index contributed by atoms with van der Waals surface area (Å²) in [6.07, 6.45) is 0.123. The summed E-state index contributed by atoms with van der Waals surface area (Å²) in [6, 6.07) is 14.1. The number of rotatable bonds is 4. The Bertz CT molecular complexity index is 1010. The lowest BCUT2D eigenvalue weighted by Crippen LogP contribution is -2.37. The highest BCUT2D eigenvalue weighted by molar-refractivity contribution is 6.06. The van der Waals surface area contributed by atoms with Crippen LogP contribution in [0.1, 0.15) is 34.1 Å². The van der Waals surface area contributed by atoms with Crippen LogP contribution in [0.2, 0.25) is 0 Å². The lowest BCUT2D eigenvalue weighted by molar-refractivity contribution is 0.0946. The van der Waals surface area contributed by atoms with Crippen LogP contribution in [0.3, 0.4) is 0 Å². The van der Waals surface area contributed by atoms with Crippen LogP contribution in [0.5, 0.6) is 5.75 Å². The molecule has 0 unspecified atom stereocenters. The lowest BCUT2D eigenvalue weighted by Gasteiger charge is -2.22. The van der Waals surface area contributed by atoms with Gasteiger partial charge in [0, 0.05) is 42.8 Å². The van der Waals surface area contributed by atoms with Gasteiger partial charge in [-0.2, -0.15) is 0 Å². The third-order valence-electron chi connectivity index (χ3n) is 5.51. The molecule has 0 saturated carbocycles. The van der Waals surface area contributed by atoms with Gasteiger partial charge in [0.15, 0.2) is 0 Å². The predicted molar refractivity (Wildman–Crippen MR) is 112 cm³/mol. The maximum atomic E-state index is 12.8. The zero-order valence-corrected chi connectivity index (χ0v) is 16.7. The van der Waals surface area contributed by atoms with Gasteiger partial charge in [-0.15, -0.1) is 0 Å². The molecule has 5 heteroatoms. The number of para-hydroxylation sites is 2. The van der Waals surface area contributed by atoms with Gasteiger partial charge in [0.25, 0.3) is 5.91 Å². The number of carbonyl (C=O) groups excluding carboxylic acids is 1. The number of nitrogens with zero attached hydrogens (tertiary/aromatic N) is 1. The lowest BCUT2D eigenvalue weighted by atomic mass is 10.1. The van der Waals surface area contributed by atoms with E-state index in [1.165, 1.54) is 11.1 Å². The molecule has 146 valence electrons. The summed E-state index contributed by atoms with van der Waals surface area (Å²) in [5.41, 5.74) is 5.11. The molecule has 3 aromatic rings. The van der Waals surface area contributed by atoms with Crippen molar-refractivity contribution in [2.45, 2.75) is 33.4 Å². The molecule has 0 spiro atoms. The quantitative estimate of drug-likeness (QED) is 0.727. The van der Waals surface area contributed by atoms with E-state index in [2.05, 4.69) is 41.2 Å². The molecule has 1 aliphatic heterocycles. The second-order valence-corrected chi connectivity index (χ2v) is 7.63. The van der Waals surface area contributed by atoms with E-state index >= 15 is 0 Å². The first-order valence-corrected chi connectivity index (χ1v) is 9.86. The van der Waals surface area contributed by atoms with Crippen molar-refractivity contribution >= 4 is 16.8 Å². The predicted octanol–water partition coefficient (Wildman–Crippen LogP) is 3.80. The molecule has 28 heavy (non-hydrogen) atoms. The monoisotopic (exact) mass is 377 g/mol. The normalized spacial score (nSPS) is 17.0. The van der Waals surface area contributed by atoms with Crippen molar-refractivity contribution < 1.29 is 9.53 Å². The maximum absolute atomic E-state index is 12.8. The van der Waals surface area contributed by atoms with Crippen molar-refractivity contribution in [3.8, 4) is 5.75 Å². The Hall–Kier alpha value is -2.79. The molecular formula is C23H27N3O2. The Balaban J connectivity index is 1.41. The van der Waals surface area contributed by atoms with Gasteiger partial charge < -0.3 is 15.0 Å². The molecule has 5 nitrogen and oxygen atoms in total. The van der Waals surface area contributed by atoms with Crippen molar-refractivity contribution in [2.24, 2.45) is 0 Å². The number of fused-ring (bicyclic) bond motifs is 2. The molecule has 1 aromatic heterocycles. The Kier molecular flexibility index (Phi) is 5.09. The second-order valence-electron chi connectivity index (χ2n) is 7.63. The molecule has 0 aliphatic carbocycles. The molecule has 1 atom stereocenters. The first-order chi connectivity index (χ1) is 13.5. The average Bonchev–Trinajstić information content (AvgIpc) is 2.86. The van der Waals surface area contributed by atoms with Crippen molar-refractivity contribution in [1.82, 2.24) is 15.2 Å². The van der Waals surface area contributed by atoms with Gasteiger partial charge in [0.2, 0.25) is 0 Å². The van der Waals surface area contributed by atoms with E-state index in [4.69, 9.17) is 4.74 Å². The summed E-state index contributed by atoms with van der Waals surface area (Å²) < 4.78 is 6.01. The fraction of sp³-hybridized carbons (Fsp3) is 0.348. The summed E-state index contributed by atoms with van der Waals surface area (Å²) in [6.45, 7) is 9.27. The number of hydrogen-bond donors (Lipinski definition) is 2. The van der Waals surface area contributed by atoms with Crippen LogP contribution >= 0.6 is 0 Å². The standard InChI is InChI=1S/C23H27N3O2/c1-15-13-26(14-18-7-4-5-10-21(18)28-15)12-11-24-23(27)20-9-6-8-19-16(2)17(3)25-22(19)20/h4-10,15,25H,11-14H2,1-3H3,(H,24,27)/t15-/m0/s1. The van der Waals surface area contributed by atoms with Gasteiger partial charge in [-0.3, -0.25) is 9.69 Å². The van der Waals surface area contributed by atoms with Gasteiger partial charge >= 0.3 is 0 Å². The van der Waals surface area contributed by atoms with Gasteiger partial charge in [-0.1, -0.05) is 30.3 Å². The number of aromatic nitrogens is 1. The van der Waals surface area contributed by atoms with Crippen molar-refractivity contribution in [2.75, 3.05) is 19.6 Å². The van der Waals surface area contributed by atoms with Crippen LogP contribution in [0.25, 0.3) is 10.9 Å². The Morgan fingerprint density at radius 1 is 1.21 bits per heavy atom. The minimum absolute atomic E-state index is 0.0358. The van der Waals surface area contributed by atoms with E-state index in [0.29, 0.717) is 12.1 Å². The van der Waals surface area contributed by atoms with E-state index in [0.717, 1.165) is 42.0 Å². The number of H-pyrrole nitrogens is 1. The molecule has 0 saturated heterocycles. The van der Waals surface area contributed by atoms with Crippen molar-refractivity contribution in [3.63, 3.8) is 0 Å². The molecule has 0 fully saturated rings. The summed E-state index contributed by atoms with van der Waals surface area (Å²) in [5.74, 6) is 0.928. The molecule has 0 radical (unpaired) electrons. The highest BCUT2D eigenvalue weighted by Crippen LogP contribution is 2.25. The van der Waals surface area contributed by atoms with Crippen LogP contribution in [0.4, 0.5) is 0 Å². The largest absolute Gasteiger partial charge is 0.489 e. The highest BCUT2D eigenvalue weighted by atomic mass is 16.5. The fourth-order valence-electron chi connectivity index (χ4n) is 3.94. The molecule has 1 amide bonds. The van der Waals surface area contributed by atoms with Crippen LogP contribution in [-0.2, 0) is 6.54 Å². The number of aromatic amines is 1. The maximum Gasteiger partial charge on any atom is 0.253 e. The van der Waals surface area contributed by atoms with Crippen LogP contribution < -0.4 is 10.1 Å². The Morgan fingerprint density at radius 2 is 2.04 bits per heavy atom. The molecule has 2 aromatic carbocycles. The highest BCUT2D eigenvalue weighted by Gasteiger charge is 2.20. The van der Waals surface area contributed by atoms with E-state index < -0.39 is 0 Å². The summed E-state index contributed by atoms with van der Waals surface area (Å²) >= 11 is 0. The average molecular weight is 377 g/mol. The Morgan fingerprint density at radius 3 is 2.89 bits per heavy atom. The van der Waals surface area contributed by atoms with Gasteiger partial charge in [0.1, 0.15) is 11.9 Å². The minimum atomic E-state index is -0.0358. The third kappa shape index (κ3) is 3.62. The van der Waals surface area contributed by atoms with Gasteiger partial charge in [0.05, 0.1) is 11.1 Å². The van der Waals surface area contributed by atoms with Crippen LogP contribution in [0.15, 0.2) is 42.5 Å². The van der Waals surface area contributed by atoms with E-state index in [-0.39, 0.29) is 12.0 Å². The molecule has 0 bridgehead atoms. The number of nitrogens with one attached hydrogen (secondary N) is 2. The van der Waals surface area contributed by atoms with Gasteiger partial charge in [-0.05, 0) is 38.5 Å². The van der Waals surface area contributed by atoms with Crippen LogP contribution in [0, 0.1) is 13.8 Å². The van der Waals surface area contributed by atoms with Crippen molar-refractivity contribution in [1.29, 1.82) is 0 Å². The SMILES string of the molecule is Cc1[nH]c2c(C(=O)NCCN3Cc4ccccc4O[C@@H](C)C3)cccc2c1C. The summed E-state index contributed by atoms with van der Waals surface area (Å²) in [5, 5.41) is 4.20. The number of amides is 1. The first-order valence-electron chi connectivity index (χ1n) is 9.86. The van der Waals surface area contributed by atoms with Crippen molar-refractivity contribution in [3.05, 3.63) is 64.8 Å². The third-order valence-corrected chi connectivity index (χ3v) is 5.51. The number of benzene rings is 2. The first kappa shape index (κ1) is 18.6. The van der Waals surface area contributed by atoms with Gasteiger partial charge in [-0.25, -0.2) is 0 Å². The fourth-order valence-corrected chi connectivity index (χ4v) is 3.94. The zero-order chi connectivity index (χ0) is 19.7. The summed E-state index contributed by atoms with van der Waals surface area (Å²) in [4.78, 5) is 18.5. The van der Waals surface area contributed by atoms with E-state index in [1.54, 1.807) is 0 Å². The topological polar surface area (TPSA) is 57.4 Å².